The van der Waals surface area contributed by atoms with Gasteiger partial charge in [0.25, 0.3) is 0 Å². The zero-order chi connectivity index (χ0) is 18.9. The number of alkyl halides is 6. The molecule has 1 heterocycles. The zero-order valence-electron chi connectivity index (χ0n) is 13.3. The average molecular weight is 372 g/mol. The normalized spacial score (nSPS) is 14.6. The Balaban J connectivity index is 2.08. The van der Waals surface area contributed by atoms with Gasteiger partial charge in [-0.2, -0.15) is 26.3 Å². The molecule has 1 N–H and O–H groups in total. The van der Waals surface area contributed by atoms with E-state index in [9.17, 15) is 26.3 Å². The molecule has 0 aliphatic carbocycles. The third-order valence-corrected chi connectivity index (χ3v) is 4.01. The summed E-state index contributed by atoms with van der Waals surface area (Å²) in [6.07, 6.45) is -5.73. The fourth-order valence-corrected chi connectivity index (χ4v) is 2.73. The fourth-order valence-electron chi connectivity index (χ4n) is 2.73. The maximum Gasteiger partial charge on any atom is 0.416 e. The Bertz CT molecular complexity index is 823. The Morgan fingerprint density at radius 3 is 2.19 bits per heavy atom. The minimum absolute atomic E-state index is 0.0945. The highest BCUT2D eigenvalue weighted by atomic mass is 19.4. The SMILES string of the molecule is FC(F)(F)c1cccc(-c2cc(C(F)(F)F)ccc2CN2C=CNC2)c1. The molecule has 0 radical (unpaired) electrons. The second-order valence-electron chi connectivity index (χ2n) is 5.87. The van der Waals surface area contributed by atoms with Crippen LogP contribution >= 0.6 is 0 Å². The highest BCUT2D eigenvalue weighted by molar-refractivity contribution is 5.69. The highest BCUT2D eigenvalue weighted by Gasteiger charge is 2.33. The van der Waals surface area contributed by atoms with Crippen LogP contribution in [0.1, 0.15) is 16.7 Å². The van der Waals surface area contributed by atoms with Crippen LogP contribution in [0.15, 0.2) is 54.9 Å². The van der Waals surface area contributed by atoms with Crippen molar-refractivity contribution in [3.05, 3.63) is 71.6 Å². The molecule has 0 aromatic heterocycles. The van der Waals surface area contributed by atoms with E-state index in [1.54, 1.807) is 17.3 Å². The van der Waals surface area contributed by atoms with E-state index in [1.807, 2.05) is 0 Å². The molecule has 26 heavy (non-hydrogen) atoms. The van der Waals surface area contributed by atoms with E-state index < -0.39 is 23.5 Å². The Kier molecular flexibility index (Phi) is 4.60. The Morgan fingerprint density at radius 1 is 0.885 bits per heavy atom. The van der Waals surface area contributed by atoms with Crippen LogP contribution in [0.5, 0.6) is 0 Å². The van der Waals surface area contributed by atoms with Crippen LogP contribution in [-0.4, -0.2) is 11.6 Å². The van der Waals surface area contributed by atoms with Crippen LogP contribution in [0.2, 0.25) is 0 Å². The lowest BCUT2D eigenvalue weighted by Gasteiger charge is -2.20. The van der Waals surface area contributed by atoms with E-state index in [1.165, 1.54) is 18.2 Å². The van der Waals surface area contributed by atoms with E-state index >= 15 is 0 Å². The smallest absolute Gasteiger partial charge is 0.373 e. The number of hydrogen-bond donors (Lipinski definition) is 1. The van der Waals surface area contributed by atoms with Crippen molar-refractivity contribution in [2.24, 2.45) is 0 Å². The number of halogens is 6. The Hall–Kier alpha value is -2.64. The molecule has 2 aromatic rings. The molecule has 2 aromatic carbocycles. The third kappa shape index (κ3) is 3.95. The molecule has 0 amide bonds. The lowest BCUT2D eigenvalue weighted by Crippen LogP contribution is -2.20. The average Bonchev–Trinajstić information content (AvgIpc) is 3.06. The van der Waals surface area contributed by atoms with E-state index in [0.29, 0.717) is 12.2 Å². The molecular formula is C18H14F6N2. The van der Waals surface area contributed by atoms with Crippen LogP contribution in [0.4, 0.5) is 26.3 Å². The highest BCUT2D eigenvalue weighted by Crippen LogP contribution is 2.37. The van der Waals surface area contributed by atoms with Gasteiger partial charge in [0, 0.05) is 18.9 Å². The second kappa shape index (κ2) is 6.59. The fraction of sp³-hybridized carbons (Fsp3) is 0.222. The van der Waals surface area contributed by atoms with Crippen molar-refractivity contribution >= 4 is 0 Å². The number of rotatable bonds is 3. The summed E-state index contributed by atoms with van der Waals surface area (Å²) in [4.78, 5) is 1.81. The van der Waals surface area contributed by atoms with E-state index in [-0.39, 0.29) is 17.7 Å². The molecule has 138 valence electrons. The summed E-state index contributed by atoms with van der Waals surface area (Å²) in [5, 5.41) is 2.93. The molecule has 3 rings (SSSR count). The summed E-state index contributed by atoms with van der Waals surface area (Å²) >= 11 is 0. The van der Waals surface area contributed by atoms with Crippen molar-refractivity contribution in [1.82, 2.24) is 10.2 Å². The van der Waals surface area contributed by atoms with Gasteiger partial charge in [0.2, 0.25) is 0 Å². The molecule has 1 aliphatic heterocycles. The van der Waals surface area contributed by atoms with Gasteiger partial charge in [-0.1, -0.05) is 18.2 Å². The molecule has 0 atom stereocenters. The standard InChI is InChI=1S/C18H14F6N2/c19-17(20,21)14-3-1-2-12(8-14)16-9-15(18(22,23)24)5-4-13(16)10-26-7-6-25-11-26/h1-9,25H,10-11H2. The number of nitrogens with one attached hydrogen (secondary N) is 1. The Labute approximate surface area is 145 Å². The molecule has 8 heteroatoms. The first-order valence-corrected chi connectivity index (χ1v) is 7.66. The van der Waals surface area contributed by atoms with Gasteiger partial charge >= 0.3 is 12.4 Å². The predicted molar refractivity (Wildman–Crippen MR) is 84.6 cm³/mol. The summed E-state index contributed by atoms with van der Waals surface area (Å²) in [6.45, 7) is 0.746. The summed E-state index contributed by atoms with van der Waals surface area (Å²) in [7, 11) is 0. The van der Waals surface area contributed by atoms with Crippen LogP contribution in [0, 0.1) is 0 Å². The zero-order valence-corrected chi connectivity index (χ0v) is 13.3. The summed E-state index contributed by atoms with van der Waals surface area (Å²) < 4.78 is 78.2. The van der Waals surface area contributed by atoms with Crippen molar-refractivity contribution in [2.45, 2.75) is 18.9 Å². The lowest BCUT2D eigenvalue weighted by atomic mass is 9.95. The molecular weight excluding hydrogens is 358 g/mol. The molecule has 1 aliphatic rings. The lowest BCUT2D eigenvalue weighted by molar-refractivity contribution is -0.138. The third-order valence-electron chi connectivity index (χ3n) is 4.01. The van der Waals surface area contributed by atoms with E-state index in [2.05, 4.69) is 5.32 Å². The van der Waals surface area contributed by atoms with Gasteiger partial charge in [-0.3, -0.25) is 0 Å². The van der Waals surface area contributed by atoms with Gasteiger partial charge in [0.1, 0.15) is 0 Å². The molecule has 0 saturated heterocycles. The van der Waals surface area contributed by atoms with Crippen LogP contribution in [0.3, 0.4) is 0 Å². The minimum Gasteiger partial charge on any atom is -0.373 e. The first-order chi connectivity index (χ1) is 12.1. The topological polar surface area (TPSA) is 15.3 Å². The van der Waals surface area contributed by atoms with Crippen molar-refractivity contribution in [2.75, 3.05) is 6.67 Å². The van der Waals surface area contributed by atoms with Crippen molar-refractivity contribution in [3.8, 4) is 11.1 Å². The first-order valence-electron chi connectivity index (χ1n) is 7.66. The summed E-state index contributed by atoms with van der Waals surface area (Å²) in [6, 6.07) is 7.50. The Morgan fingerprint density at radius 2 is 1.58 bits per heavy atom. The number of benzene rings is 2. The van der Waals surface area contributed by atoms with Gasteiger partial charge in [-0.05, 0) is 41.0 Å². The molecule has 0 unspecified atom stereocenters. The van der Waals surface area contributed by atoms with Crippen molar-refractivity contribution < 1.29 is 26.3 Å². The minimum atomic E-state index is -4.58. The first kappa shape index (κ1) is 18.2. The van der Waals surface area contributed by atoms with Gasteiger partial charge in [-0.15, -0.1) is 0 Å². The molecule has 0 saturated carbocycles. The molecule has 0 spiro atoms. The van der Waals surface area contributed by atoms with E-state index in [0.717, 1.165) is 24.3 Å². The maximum absolute atomic E-state index is 13.1. The van der Waals surface area contributed by atoms with Crippen LogP contribution in [-0.2, 0) is 18.9 Å². The maximum atomic E-state index is 13.1. The van der Waals surface area contributed by atoms with Gasteiger partial charge in [-0.25, -0.2) is 0 Å². The number of hydrogen-bond acceptors (Lipinski definition) is 2. The second-order valence-corrected chi connectivity index (χ2v) is 5.87. The van der Waals surface area contributed by atoms with Crippen molar-refractivity contribution in [3.63, 3.8) is 0 Å². The number of nitrogens with zero attached hydrogens (tertiary/aromatic N) is 1. The van der Waals surface area contributed by atoms with Crippen molar-refractivity contribution in [1.29, 1.82) is 0 Å². The summed E-state index contributed by atoms with van der Waals surface area (Å²) in [5.41, 5.74) is -1.07. The van der Waals surface area contributed by atoms with Gasteiger partial charge < -0.3 is 10.2 Å². The van der Waals surface area contributed by atoms with Crippen LogP contribution < -0.4 is 5.32 Å². The van der Waals surface area contributed by atoms with Gasteiger partial charge in [0.05, 0.1) is 17.8 Å². The predicted octanol–water partition coefficient (Wildman–Crippen LogP) is 5.23. The quantitative estimate of drug-likeness (QED) is 0.743. The van der Waals surface area contributed by atoms with Crippen LogP contribution in [0.25, 0.3) is 11.1 Å². The van der Waals surface area contributed by atoms with E-state index in [4.69, 9.17) is 0 Å². The van der Waals surface area contributed by atoms with Gasteiger partial charge in [0.15, 0.2) is 0 Å². The molecule has 0 fully saturated rings. The molecule has 2 nitrogen and oxygen atoms in total. The largest absolute Gasteiger partial charge is 0.416 e. The molecule has 0 bridgehead atoms. The monoisotopic (exact) mass is 372 g/mol. The summed E-state index contributed by atoms with van der Waals surface area (Å²) in [5.74, 6) is 0.